The summed E-state index contributed by atoms with van der Waals surface area (Å²) in [7, 11) is 0. The normalized spacial score (nSPS) is 16.5. The van der Waals surface area contributed by atoms with Crippen molar-refractivity contribution in [2.75, 3.05) is 13.2 Å². The summed E-state index contributed by atoms with van der Waals surface area (Å²) in [6.45, 7) is 4.74. The second kappa shape index (κ2) is 8.10. The molecule has 0 bridgehead atoms. The van der Waals surface area contributed by atoms with Gasteiger partial charge in [-0.15, -0.1) is 5.10 Å². The van der Waals surface area contributed by atoms with E-state index in [1.807, 2.05) is 12.1 Å². The number of ether oxygens (including phenoxy) is 1. The molecule has 0 amide bonds. The van der Waals surface area contributed by atoms with Gasteiger partial charge in [-0.05, 0) is 37.8 Å². The van der Waals surface area contributed by atoms with E-state index in [1.54, 1.807) is 0 Å². The zero-order valence-electron chi connectivity index (χ0n) is 11.9. The first-order chi connectivity index (χ1) is 9.38. The fourth-order valence-corrected chi connectivity index (χ4v) is 2.47. The Kier molecular flexibility index (Phi) is 6.08. The topological polar surface area (TPSA) is 47.0 Å². The van der Waals surface area contributed by atoms with Crippen LogP contribution in [0.5, 0.6) is 5.88 Å². The van der Waals surface area contributed by atoms with Crippen LogP contribution in [0.2, 0.25) is 0 Å². The number of nitrogens with one attached hydrogen (secondary N) is 1. The average Bonchev–Trinajstić information content (AvgIpc) is 2.48. The molecule has 2 rings (SSSR count). The van der Waals surface area contributed by atoms with Crippen LogP contribution in [-0.2, 0) is 6.54 Å². The molecule has 1 N–H and O–H groups in total. The average molecular weight is 263 g/mol. The Morgan fingerprint density at radius 1 is 1.21 bits per heavy atom. The Morgan fingerprint density at radius 2 is 2.05 bits per heavy atom. The molecule has 19 heavy (non-hydrogen) atoms. The van der Waals surface area contributed by atoms with Gasteiger partial charge in [0, 0.05) is 12.6 Å². The van der Waals surface area contributed by atoms with Gasteiger partial charge in [0.15, 0.2) is 0 Å². The van der Waals surface area contributed by atoms with Crippen LogP contribution in [0.4, 0.5) is 0 Å². The van der Waals surface area contributed by atoms with Gasteiger partial charge >= 0.3 is 0 Å². The van der Waals surface area contributed by atoms with Crippen LogP contribution in [0.1, 0.15) is 51.1 Å². The maximum atomic E-state index is 5.73. The monoisotopic (exact) mass is 263 g/mol. The lowest BCUT2D eigenvalue weighted by Crippen LogP contribution is -2.17. The highest BCUT2D eigenvalue weighted by Gasteiger charge is 2.14. The molecule has 1 aliphatic carbocycles. The Balaban J connectivity index is 1.71. The Labute approximate surface area is 116 Å². The van der Waals surface area contributed by atoms with E-state index in [4.69, 9.17) is 4.74 Å². The zero-order chi connectivity index (χ0) is 13.3. The number of nitrogens with zero attached hydrogens (tertiary/aromatic N) is 2. The summed E-state index contributed by atoms with van der Waals surface area (Å²) >= 11 is 0. The van der Waals surface area contributed by atoms with E-state index in [0.29, 0.717) is 11.8 Å². The summed E-state index contributed by atoms with van der Waals surface area (Å²) in [5.74, 6) is 1.37. The number of hydrogen-bond donors (Lipinski definition) is 1. The van der Waals surface area contributed by atoms with Crippen molar-refractivity contribution in [3.8, 4) is 5.88 Å². The zero-order valence-corrected chi connectivity index (χ0v) is 11.9. The van der Waals surface area contributed by atoms with Crippen LogP contribution in [0.25, 0.3) is 0 Å². The highest BCUT2D eigenvalue weighted by molar-refractivity contribution is 5.11. The predicted molar refractivity (Wildman–Crippen MR) is 76.1 cm³/mol. The van der Waals surface area contributed by atoms with Gasteiger partial charge < -0.3 is 10.1 Å². The molecule has 0 spiro atoms. The van der Waals surface area contributed by atoms with Crippen molar-refractivity contribution in [3.63, 3.8) is 0 Å². The first-order valence-corrected chi connectivity index (χ1v) is 7.54. The Morgan fingerprint density at radius 3 is 2.74 bits per heavy atom. The summed E-state index contributed by atoms with van der Waals surface area (Å²) in [5, 5.41) is 11.6. The largest absolute Gasteiger partial charge is 0.476 e. The van der Waals surface area contributed by atoms with E-state index < -0.39 is 0 Å². The molecule has 0 atom stereocenters. The second-order valence-corrected chi connectivity index (χ2v) is 5.35. The minimum atomic E-state index is 0.657. The van der Waals surface area contributed by atoms with Crippen LogP contribution in [0.3, 0.4) is 0 Å². The van der Waals surface area contributed by atoms with Gasteiger partial charge in [-0.3, -0.25) is 0 Å². The lowest BCUT2D eigenvalue weighted by atomic mass is 9.90. The smallest absolute Gasteiger partial charge is 0.233 e. The van der Waals surface area contributed by atoms with E-state index >= 15 is 0 Å². The molecule has 0 unspecified atom stereocenters. The predicted octanol–water partition coefficient (Wildman–Crippen LogP) is 2.94. The van der Waals surface area contributed by atoms with Crippen LogP contribution >= 0.6 is 0 Å². The van der Waals surface area contributed by atoms with Gasteiger partial charge in [0.1, 0.15) is 0 Å². The molecule has 1 aliphatic rings. The van der Waals surface area contributed by atoms with Gasteiger partial charge in [0.2, 0.25) is 5.88 Å². The van der Waals surface area contributed by atoms with Gasteiger partial charge in [-0.25, -0.2) is 0 Å². The third-order valence-corrected chi connectivity index (χ3v) is 3.62. The van der Waals surface area contributed by atoms with E-state index in [1.165, 1.54) is 32.1 Å². The van der Waals surface area contributed by atoms with Crippen molar-refractivity contribution in [2.24, 2.45) is 5.92 Å². The first-order valence-electron chi connectivity index (χ1n) is 7.54. The molecule has 106 valence electrons. The van der Waals surface area contributed by atoms with Crippen LogP contribution in [0.15, 0.2) is 12.1 Å². The molecule has 0 aliphatic heterocycles. The molecular formula is C15H25N3O. The molecule has 1 fully saturated rings. The molecule has 4 heteroatoms. The number of rotatable bonds is 7. The van der Waals surface area contributed by atoms with E-state index in [2.05, 4.69) is 22.4 Å². The fraction of sp³-hybridized carbons (Fsp3) is 0.733. The van der Waals surface area contributed by atoms with E-state index in [0.717, 1.165) is 31.8 Å². The van der Waals surface area contributed by atoms with Crippen LogP contribution in [0, 0.1) is 5.92 Å². The van der Waals surface area contributed by atoms with E-state index in [9.17, 15) is 0 Å². The number of hydrogen-bond acceptors (Lipinski definition) is 4. The van der Waals surface area contributed by atoms with Gasteiger partial charge in [0.05, 0.1) is 12.3 Å². The lowest BCUT2D eigenvalue weighted by molar-refractivity contribution is 0.201. The van der Waals surface area contributed by atoms with E-state index in [-0.39, 0.29) is 0 Å². The van der Waals surface area contributed by atoms with Gasteiger partial charge in [0.25, 0.3) is 0 Å². The van der Waals surface area contributed by atoms with Crippen molar-refractivity contribution in [3.05, 3.63) is 17.8 Å². The molecule has 0 aromatic carbocycles. The first kappa shape index (κ1) is 14.3. The van der Waals surface area contributed by atoms with Crippen molar-refractivity contribution < 1.29 is 4.74 Å². The summed E-state index contributed by atoms with van der Waals surface area (Å²) in [4.78, 5) is 0. The minimum Gasteiger partial charge on any atom is -0.476 e. The third kappa shape index (κ3) is 5.15. The van der Waals surface area contributed by atoms with Crippen molar-refractivity contribution in [1.82, 2.24) is 15.5 Å². The third-order valence-electron chi connectivity index (χ3n) is 3.62. The maximum Gasteiger partial charge on any atom is 0.233 e. The van der Waals surface area contributed by atoms with Gasteiger partial charge in [-0.1, -0.05) is 26.2 Å². The summed E-state index contributed by atoms with van der Waals surface area (Å²) in [6, 6.07) is 3.92. The number of aromatic nitrogens is 2. The van der Waals surface area contributed by atoms with Gasteiger partial charge in [-0.2, -0.15) is 5.10 Å². The SMILES string of the molecule is CCCNCc1ccc(OCC2CCCCC2)nn1. The second-order valence-electron chi connectivity index (χ2n) is 5.35. The summed E-state index contributed by atoms with van der Waals surface area (Å²) in [6.07, 6.45) is 7.81. The van der Waals surface area contributed by atoms with Crippen molar-refractivity contribution in [1.29, 1.82) is 0 Å². The molecule has 0 radical (unpaired) electrons. The minimum absolute atomic E-state index is 0.657. The highest BCUT2D eigenvalue weighted by atomic mass is 16.5. The Bertz CT molecular complexity index is 347. The molecule has 4 nitrogen and oxygen atoms in total. The molecule has 1 saturated carbocycles. The summed E-state index contributed by atoms with van der Waals surface area (Å²) in [5.41, 5.74) is 0.971. The molecule has 1 aromatic heterocycles. The molecule has 0 saturated heterocycles. The fourth-order valence-electron chi connectivity index (χ4n) is 2.47. The molecule has 1 aromatic rings. The quantitative estimate of drug-likeness (QED) is 0.768. The van der Waals surface area contributed by atoms with Crippen LogP contribution < -0.4 is 10.1 Å². The molecular weight excluding hydrogens is 238 g/mol. The standard InChI is InChI=1S/C15H25N3O/c1-2-10-16-11-14-8-9-15(18-17-14)19-12-13-6-4-3-5-7-13/h8-9,13,16H,2-7,10-12H2,1H3. The summed E-state index contributed by atoms with van der Waals surface area (Å²) < 4.78 is 5.73. The highest BCUT2D eigenvalue weighted by Crippen LogP contribution is 2.24. The lowest BCUT2D eigenvalue weighted by Gasteiger charge is -2.21. The van der Waals surface area contributed by atoms with Crippen molar-refractivity contribution in [2.45, 2.75) is 52.0 Å². The van der Waals surface area contributed by atoms with Crippen LogP contribution in [-0.4, -0.2) is 23.3 Å². The van der Waals surface area contributed by atoms with Crippen molar-refractivity contribution >= 4 is 0 Å². The maximum absolute atomic E-state index is 5.73. The Hall–Kier alpha value is -1.16. The molecule has 1 heterocycles.